The minimum absolute atomic E-state index is 0.126. The second-order valence-corrected chi connectivity index (χ2v) is 4.35. The minimum atomic E-state index is 0.126. The average Bonchev–Trinajstić information content (AvgIpc) is 2.83. The smallest absolute Gasteiger partial charge is 0.242 e. The molecule has 0 bridgehead atoms. The fourth-order valence-corrected chi connectivity index (χ4v) is 2.19. The van der Waals surface area contributed by atoms with Crippen molar-refractivity contribution in [2.75, 3.05) is 26.3 Å². The number of aromatic nitrogens is 2. The third kappa shape index (κ3) is 2.09. The van der Waals surface area contributed by atoms with Gasteiger partial charge in [-0.1, -0.05) is 12.1 Å². The summed E-state index contributed by atoms with van der Waals surface area (Å²) in [5.41, 5.74) is 1.92. The number of nitrogens with zero attached hydrogens (tertiary/aromatic N) is 3. The van der Waals surface area contributed by atoms with Crippen molar-refractivity contribution < 1.29 is 9.53 Å². The van der Waals surface area contributed by atoms with Crippen molar-refractivity contribution >= 4 is 16.9 Å². The predicted molar refractivity (Wildman–Crippen MR) is 67.1 cm³/mol. The van der Waals surface area contributed by atoms with E-state index < -0.39 is 0 Å². The van der Waals surface area contributed by atoms with Crippen LogP contribution in [0.4, 0.5) is 0 Å². The van der Waals surface area contributed by atoms with Gasteiger partial charge >= 0.3 is 0 Å². The van der Waals surface area contributed by atoms with Gasteiger partial charge in [-0.3, -0.25) is 4.79 Å². The summed E-state index contributed by atoms with van der Waals surface area (Å²) in [7, 11) is 0. The number of para-hydroxylation sites is 2. The Bertz CT molecular complexity index is 558. The van der Waals surface area contributed by atoms with Crippen LogP contribution in [0.5, 0.6) is 0 Å². The quantitative estimate of drug-likeness (QED) is 0.789. The lowest BCUT2D eigenvalue weighted by atomic mass is 10.3. The molecule has 0 saturated carbocycles. The molecule has 1 aromatic carbocycles. The largest absolute Gasteiger partial charge is 0.378 e. The molecule has 1 fully saturated rings. The fraction of sp³-hybridized carbons (Fsp3) is 0.385. The summed E-state index contributed by atoms with van der Waals surface area (Å²) in [6, 6.07) is 7.84. The van der Waals surface area contributed by atoms with Crippen molar-refractivity contribution in [3.63, 3.8) is 0 Å². The summed E-state index contributed by atoms with van der Waals surface area (Å²) in [5, 5.41) is 0. The summed E-state index contributed by atoms with van der Waals surface area (Å²) in [6.07, 6.45) is 1.73. The highest BCUT2D eigenvalue weighted by Crippen LogP contribution is 2.12. The second-order valence-electron chi connectivity index (χ2n) is 4.35. The molecule has 1 aliphatic rings. The molecule has 2 heterocycles. The Labute approximate surface area is 105 Å². The second kappa shape index (κ2) is 4.78. The number of amides is 1. The molecule has 1 aliphatic heterocycles. The van der Waals surface area contributed by atoms with Gasteiger partial charge in [0.1, 0.15) is 6.54 Å². The molecule has 0 spiro atoms. The van der Waals surface area contributed by atoms with E-state index in [0.29, 0.717) is 32.8 Å². The van der Waals surface area contributed by atoms with E-state index in [1.807, 2.05) is 33.7 Å². The van der Waals surface area contributed by atoms with Gasteiger partial charge in [0.2, 0.25) is 5.91 Å². The number of hydrogen-bond donors (Lipinski definition) is 0. The Morgan fingerprint density at radius 2 is 2.06 bits per heavy atom. The van der Waals surface area contributed by atoms with E-state index in [9.17, 15) is 4.79 Å². The Hall–Kier alpha value is -1.88. The van der Waals surface area contributed by atoms with Crippen LogP contribution in [0.15, 0.2) is 30.6 Å². The van der Waals surface area contributed by atoms with Gasteiger partial charge in [0.15, 0.2) is 0 Å². The molecule has 0 atom stereocenters. The van der Waals surface area contributed by atoms with Crippen LogP contribution in [0.25, 0.3) is 11.0 Å². The van der Waals surface area contributed by atoms with Crippen molar-refractivity contribution in [2.45, 2.75) is 6.54 Å². The molecule has 3 rings (SSSR count). The summed E-state index contributed by atoms with van der Waals surface area (Å²) in [4.78, 5) is 18.3. The number of imidazole rings is 1. The maximum atomic E-state index is 12.1. The van der Waals surface area contributed by atoms with Crippen molar-refractivity contribution in [1.82, 2.24) is 14.5 Å². The first-order valence-electron chi connectivity index (χ1n) is 6.10. The van der Waals surface area contributed by atoms with Gasteiger partial charge in [0, 0.05) is 13.1 Å². The fourth-order valence-electron chi connectivity index (χ4n) is 2.19. The van der Waals surface area contributed by atoms with Crippen LogP contribution in [0.3, 0.4) is 0 Å². The van der Waals surface area contributed by atoms with E-state index in [1.165, 1.54) is 0 Å². The zero-order chi connectivity index (χ0) is 12.4. The molecule has 18 heavy (non-hydrogen) atoms. The van der Waals surface area contributed by atoms with E-state index in [0.717, 1.165) is 11.0 Å². The van der Waals surface area contributed by atoms with Gasteiger partial charge in [-0.25, -0.2) is 4.98 Å². The van der Waals surface area contributed by atoms with E-state index in [1.54, 1.807) is 6.33 Å². The van der Waals surface area contributed by atoms with Crippen molar-refractivity contribution in [3.05, 3.63) is 30.6 Å². The molecule has 94 valence electrons. The third-order valence-corrected chi connectivity index (χ3v) is 3.20. The van der Waals surface area contributed by atoms with Crippen LogP contribution in [-0.2, 0) is 16.1 Å². The van der Waals surface area contributed by atoms with Crippen LogP contribution in [0.2, 0.25) is 0 Å². The van der Waals surface area contributed by atoms with Crippen LogP contribution in [0, 0.1) is 0 Å². The molecule has 1 aromatic heterocycles. The lowest BCUT2D eigenvalue weighted by molar-refractivity contribution is -0.135. The number of fused-ring (bicyclic) bond motifs is 1. The van der Waals surface area contributed by atoms with Crippen LogP contribution >= 0.6 is 0 Å². The normalized spacial score (nSPS) is 16.1. The van der Waals surface area contributed by atoms with Gasteiger partial charge < -0.3 is 14.2 Å². The molecule has 0 aliphatic carbocycles. The molecule has 0 unspecified atom stereocenters. The number of hydrogen-bond acceptors (Lipinski definition) is 3. The standard InChI is InChI=1S/C13H15N3O2/c17-13(15-5-7-18-8-6-15)9-16-10-14-11-3-1-2-4-12(11)16/h1-4,10H,5-9H2. The number of ether oxygens (including phenoxy) is 1. The number of carbonyl (C=O) groups is 1. The Balaban J connectivity index is 1.77. The van der Waals surface area contributed by atoms with Crippen LogP contribution in [-0.4, -0.2) is 46.7 Å². The first-order valence-corrected chi connectivity index (χ1v) is 6.10. The molecule has 2 aromatic rings. The molecular formula is C13H15N3O2. The highest BCUT2D eigenvalue weighted by molar-refractivity contribution is 5.80. The molecule has 0 radical (unpaired) electrons. The number of benzene rings is 1. The van der Waals surface area contributed by atoms with Crippen molar-refractivity contribution in [3.8, 4) is 0 Å². The number of morpholine rings is 1. The third-order valence-electron chi connectivity index (χ3n) is 3.20. The van der Waals surface area contributed by atoms with Gasteiger partial charge in [0.25, 0.3) is 0 Å². The van der Waals surface area contributed by atoms with Crippen LogP contribution in [0.1, 0.15) is 0 Å². The number of rotatable bonds is 2. The highest BCUT2D eigenvalue weighted by Gasteiger charge is 2.17. The summed E-state index contributed by atoms with van der Waals surface area (Å²) in [5.74, 6) is 0.126. The molecular weight excluding hydrogens is 230 g/mol. The highest BCUT2D eigenvalue weighted by atomic mass is 16.5. The van der Waals surface area contributed by atoms with Crippen LogP contribution < -0.4 is 0 Å². The monoisotopic (exact) mass is 245 g/mol. The van der Waals surface area contributed by atoms with E-state index in [4.69, 9.17) is 4.74 Å². The zero-order valence-corrected chi connectivity index (χ0v) is 10.1. The Kier molecular flexibility index (Phi) is 2.98. The zero-order valence-electron chi connectivity index (χ0n) is 10.1. The first kappa shape index (κ1) is 11.2. The lowest BCUT2D eigenvalue weighted by Crippen LogP contribution is -2.42. The summed E-state index contributed by atoms with van der Waals surface area (Å²) >= 11 is 0. The minimum Gasteiger partial charge on any atom is -0.378 e. The predicted octanol–water partition coefficient (Wildman–Crippen LogP) is 0.895. The van der Waals surface area contributed by atoms with E-state index in [2.05, 4.69) is 4.98 Å². The van der Waals surface area contributed by atoms with Gasteiger partial charge in [-0.15, -0.1) is 0 Å². The van der Waals surface area contributed by atoms with Gasteiger partial charge in [0.05, 0.1) is 30.6 Å². The molecule has 0 N–H and O–H groups in total. The topological polar surface area (TPSA) is 47.4 Å². The van der Waals surface area contributed by atoms with Crippen molar-refractivity contribution in [1.29, 1.82) is 0 Å². The van der Waals surface area contributed by atoms with Crippen molar-refractivity contribution in [2.24, 2.45) is 0 Å². The molecule has 1 amide bonds. The summed E-state index contributed by atoms with van der Waals surface area (Å²) in [6.45, 7) is 2.99. The van der Waals surface area contributed by atoms with E-state index in [-0.39, 0.29) is 5.91 Å². The SMILES string of the molecule is O=C(Cn1cnc2ccccc21)N1CCOCC1. The first-order chi connectivity index (χ1) is 8.84. The number of carbonyl (C=O) groups excluding carboxylic acids is 1. The van der Waals surface area contributed by atoms with Gasteiger partial charge in [-0.05, 0) is 12.1 Å². The molecule has 5 nitrogen and oxygen atoms in total. The molecule has 5 heteroatoms. The Morgan fingerprint density at radius 3 is 2.89 bits per heavy atom. The maximum Gasteiger partial charge on any atom is 0.242 e. The lowest BCUT2D eigenvalue weighted by Gasteiger charge is -2.27. The maximum absolute atomic E-state index is 12.1. The average molecular weight is 245 g/mol. The summed E-state index contributed by atoms with van der Waals surface area (Å²) < 4.78 is 7.14. The van der Waals surface area contributed by atoms with E-state index >= 15 is 0 Å². The molecule has 1 saturated heterocycles. The Morgan fingerprint density at radius 1 is 1.28 bits per heavy atom. The van der Waals surface area contributed by atoms with Gasteiger partial charge in [-0.2, -0.15) is 0 Å².